The van der Waals surface area contributed by atoms with Crippen LogP contribution in [-0.2, 0) is 14.8 Å². The Balaban J connectivity index is 1.60. The number of benzene rings is 3. The average molecular weight is 697 g/mol. The highest BCUT2D eigenvalue weighted by atomic mass is 32.2. The number of sulfonamides is 1. The number of amides is 3. The number of rotatable bonds is 9. The van der Waals surface area contributed by atoms with Crippen molar-refractivity contribution < 1.29 is 37.3 Å². The second-order valence-corrected chi connectivity index (χ2v) is 14.2. The van der Waals surface area contributed by atoms with Gasteiger partial charge in [0.15, 0.2) is 0 Å². The zero-order chi connectivity index (χ0) is 35.6. The van der Waals surface area contributed by atoms with E-state index in [1.54, 1.807) is 85.5 Å². The van der Waals surface area contributed by atoms with Gasteiger partial charge in [-0.25, -0.2) is 13.2 Å². The highest BCUT2D eigenvalue weighted by Crippen LogP contribution is 2.29. The van der Waals surface area contributed by atoms with Crippen LogP contribution >= 0.6 is 0 Å². The van der Waals surface area contributed by atoms with Gasteiger partial charge in [0.05, 0.1) is 42.4 Å². The fourth-order valence-electron chi connectivity index (χ4n) is 5.51. The zero-order valence-corrected chi connectivity index (χ0v) is 29.6. The van der Waals surface area contributed by atoms with Crippen LogP contribution in [0.2, 0.25) is 0 Å². The van der Waals surface area contributed by atoms with Gasteiger partial charge >= 0.3 is 6.03 Å². The van der Waals surface area contributed by atoms with Gasteiger partial charge < -0.3 is 34.4 Å². The van der Waals surface area contributed by atoms with Crippen molar-refractivity contribution in [1.82, 2.24) is 9.80 Å². The Morgan fingerprint density at radius 3 is 2.43 bits per heavy atom. The number of methoxy groups -OCH3 is 1. The van der Waals surface area contributed by atoms with E-state index >= 15 is 0 Å². The number of hydrogen-bond donors (Lipinski definition) is 3. The van der Waals surface area contributed by atoms with Crippen LogP contribution in [0.15, 0.2) is 77.7 Å². The molecule has 13 heteroatoms. The van der Waals surface area contributed by atoms with Gasteiger partial charge in [0.25, 0.3) is 15.9 Å². The van der Waals surface area contributed by atoms with Gasteiger partial charge in [0.2, 0.25) is 0 Å². The summed E-state index contributed by atoms with van der Waals surface area (Å²) in [4.78, 5) is 30.7. The first-order valence-electron chi connectivity index (χ1n) is 16.5. The van der Waals surface area contributed by atoms with E-state index in [0.29, 0.717) is 30.2 Å². The van der Waals surface area contributed by atoms with Gasteiger partial charge in [-0.3, -0.25) is 9.52 Å². The third kappa shape index (κ3) is 10.3. The minimum atomic E-state index is -3.92. The zero-order valence-electron chi connectivity index (χ0n) is 28.8. The van der Waals surface area contributed by atoms with E-state index in [4.69, 9.17) is 14.2 Å². The molecule has 0 radical (unpaired) electrons. The molecule has 3 amide bonds. The highest BCUT2D eigenvalue weighted by Gasteiger charge is 2.31. The Bertz CT molecular complexity index is 1640. The number of hydrogen-bond acceptors (Lipinski definition) is 8. The molecular weight excluding hydrogens is 648 g/mol. The summed E-state index contributed by atoms with van der Waals surface area (Å²) in [5.74, 6) is 0.304. The molecule has 4 atom stereocenters. The van der Waals surface area contributed by atoms with E-state index in [1.165, 1.54) is 18.2 Å². The molecule has 3 N–H and O–H groups in total. The summed E-state index contributed by atoms with van der Waals surface area (Å²) in [5.41, 5.74) is 0.980. The smallest absolute Gasteiger partial charge is 0.321 e. The first-order chi connectivity index (χ1) is 23.4. The number of ether oxygens (including phenoxy) is 3. The molecule has 12 nitrogen and oxygen atoms in total. The van der Waals surface area contributed by atoms with Crippen LogP contribution < -0.4 is 19.5 Å². The molecule has 0 spiro atoms. The Hall–Kier alpha value is -4.33. The molecule has 1 heterocycles. The van der Waals surface area contributed by atoms with Gasteiger partial charge in [-0.1, -0.05) is 25.1 Å². The van der Waals surface area contributed by atoms with Crippen LogP contribution in [-0.4, -0.2) is 94.0 Å². The van der Waals surface area contributed by atoms with Crippen LogP contribution in [0.3, 0.4) is 0 Å². The molecule has 0 saturated heterocycles. The third-order valence-corrected chi connectivity index (χ3v) is 9.90. The number of fused-ring (bicyclic) bond motifs is 1. The van der Waals surface area contributed by atoms with Crippen LogP contribution in [0.1, 0.15) is 50.4 Å². The molecule has 49 heavy (non-hydrogen) atoms. The van der Waals surface area contributed by atoms with Crippen molar-refractivity contribution in [1.29, 1.82) is 0 Å². The van der Waals surface area contributed by atoms with E-state index in [-0.39, 0.29) is 53.9 Å². The monoisotopic (exact) mass is 696 g/mol. The van der Waals surface area contributed by atoms with Crippen molar-refractivity contribution in [3.63, 3.8) is 0 Å². The van der Waals surface area contributed by atoms with Crippen molar-refractivity contribution >= 4 is 33.3 Å². The summed E-state index contributed by atoms with van der Waals surface area (Å²) in [7, 11) is -0.662. The number of nitrogens with zero attached hydrogens (tertiary/aromatic N) is 2. The van der Waals surface area contributed by atoms with Gasteiger partial charge in [-0.2, -0.15) is 0 Å². The van der Waals surface area contributed by atoms with Gasteiger partial charge in [0.1, 0.15) is 11.5 Å². The van der Waals surface area contributed by atoms with Crippen LogP contribution in [0.5, 0.6) is 11.5 Å². The molecule has 3 aromatic rings. The molecule has 0 bridgehead atoms. The summed E-state index contributed by atoms with van der Waals surface area (Å²) < 4.78 is 46.6. The number of nitrogens with one attached hydrogen (secondary N) is 2. The molecular formula is C36H48N4O8S. The fraction of sp³-hybridized carbons (Fsp3) is 0.444. The molecule has 1 aliphatic rings. The second kappa shape index (κ2) is 17.4. The fourth-order valence-corrected chi connectivity index (χ4v) is 6.58. The Morgan fingerprint density at radius 1 is 1.06 bits per heavy atom. The van der Waals surface area contributed by atoms with Crippen molar-refractivity contribution in [3.8, 4) is 11.5 Å². The lowest BCUT2D eigenvalue weighted by Gasteiger charge is -2.35. The van der Waals surface area contributed by atoms with Crippen molar-refractivity contribution in [3.05, 3.63) is 78.4 Å². The SMILES string of the molecule is COc1ccc(NC(=O)N(C)C[C@@H]2OCCCC[C@@H](C)Oc3ccc(NS(=O)(=O)c4ccccc4)cc3C(=O)N([C@@H](C)CO)C[C@@H]2C)cc1. The van der Waals surface area contributed by atoms with Crippen LogP contribution in [0.4, 0.5) is 16.2 Å². The minimum absolute atomic E-state index is 0.0873. The van der Waals surface area contributed by atoms with Crippen molar-refractivity contribution in [2.45, 2.75) is 63.2 Å². The molecule has 3 aromatic carbocycles. The third-order valence-electron chi connectivity index (χ3n) is 8.50. The Labute approximate surface area is 289 Å². The summed E-state index contributed by atoms with van der Waals surface area (Å²) >= 11 is 0. The predicted molar refractivity (Wildman–Crippen MR) is 189 cm³/mol. The van der Waals surface area contributed by atoms with Gasteiger partial charge in [-0.05, 0) is 87.7 Å². The molecule has 0 unspecified atom stereocenters. The van der Waals surface area contributed by atoms with E-state index in [2.05, 4.69) is 10.0 Å². The molecule has 0 fully saturated rings. The minimum Gasteiger partial charge on any atom is -0.497 e. The number of urea groups is 1. The van der Waals surface area contributed by atoms with E-state index in [0.717, 1.165) is 12.8 Å². The Kier molecular flexibility index (Phi) is 13.3. The number of aliphatic hydroxyl groups excluding tert-OH is 1. The summed E-state index contributed by atoms with van der Waals surface area (Å²) in [6, 6.07) is 18.7. The normalized spacial score (nSPS) is 19.8. The highest BCUT2D eigenvalue weighted by molar-refractivity contribution is 7.92. The number of carbonyl (C=O) groups excluding carboxylic acids is 2. The second-order valence-electron chi connectivity index (χ2n) is 12.5. The van der Waals surface area contributed by atoms with Gasteiger partial charge in [-0.15, -0.1) is 0 Å². The van der Waals surface area contributed by atoms with E-state index < -0.39 is 28.1 Å². The van der Waals surface area contributed by atoms with E-state index in [9.17, 15) is 23.1 Å². The molecule has 266 valence electrons. The summed E-state index contributed by atoms with van der Waals surface area (Å²) in [6.45, 7) is 6.20. The van der Waals surface area contributed by atoms with Crippen molar-refractivity contribution in [2.24, 2.45) is 5.92 Å². The Morgan fingerprint density at radius 2 is 1.76 bits per heavy atom. The van der Waals surface area contributed by atoms with Gasteiger partial charge in [0, 0.05) is 44.0 Å². The maximum atomic E-state index is 14.4. The number of anilines is 2. The van der Waals surface area contributed by atoms with Crippen LogP contribution in [0.25, 0.3) is 0 Å². The average Bonchev–Trinajstić information content (AvgIpc) is 3.10. The standard InChI is InChI=1S/C36H48N4O8S/c1-25-22-40(26(2)24-41)35(42)32-21-29(38-49(44,45)31-12-7-6-8-13-31)16-19-33(32)48-27(3)11-9-10-20-47-34(25)23-39(4)36(43)37-28-14-17-30(46-5)18-15-28/h6-8,12-19,21,25-27,34,38,41H,9-11,20,22-24H2,1-5H3,(H,37,43)/t25-,26-,27+,34-/m0/s1. The molecule has 0 aliphatic carbocycles. The predicted octanol–water partition coefficient (Wildman–Crippen LogP) is 5.46. The topological polar surface area (TPSA) is 147 Å². The van der Waals surface area contributed by atoms with Crippen molar-refractivity contribution in [2.75, 3.05) is 50.5 Å². The molecule has 4 rings (SSSR count). The quantitative estimate of drug-likeness (QED) is 0.268. The first kappa shape index (κ1) is 37.5. The lowest BCUT2D eigenvalue weighted by atomic mass is 10.0. The molecule has 1 aliphatic heterocycles. The maximum absolute atomic E-state index is 14.4. The summed E-state index contributed by atoms with van der Waals surface area (Å²) in [5, 5.41) is 13.1. The molecule has 0 saturated carbocycles. The number of aliphatic hydroxyl groups is 1. The lowest BCUT2D eigenvalue weighted by molar-refractivity contribution is -0.0115. The molecule has 0 aromatic heterocycles. The largest absolute Gasteiger partial charge is 0.497 e. The maximum Gasteiger partial charge on any atom is 0.321 e. The van der Waals surface area contributed by atoms with E-state index in [1.807, 2.05) is 13.8 Å². The lowest BCUT2D eigenvalue weighted by Crippen LogP contribution is -2.48. The summed E-state index contributed by atoms with van der Waals surface area (Å²) in [6.07, 6.45) is 1.59. The first-order valence-corrected chi connectivity index (χ1v) is 18.0. The number of carbonyl (C=O) groups is 2. The number of likely N-dealkylation sites (N-methyl/N-ethyl adjacent to an activating group) is 1. The van der Waals surface area contributed by atoms with Crippen LogP contribution in [0, 0.1) is 5.92 Å².